The van der Waals surface area contributed by atoms with E-state index >= 15 is 0 Å². The van der Waals surface area contributed by atoms with Crippen molar-refractivity contribution in [2.24, 2.45) is 0 Å². The monoisotopic (exact) mass is 590 g/mol. The second kappa shape index (κ2) is 12.0. The lowest BCUT2D eigenvalue weighted by Gasteiger charge is -2.33. The quantitative estimate of drug-likeness (QED) is 0.331. The Hall–Kier alpha value is -5.06. The Morgan fingerprint density at radius 1 is 1.07 bits per heavy atom. The fourth-order valence-corrected chi connectivity index (χ4v) is 5.41. The van der Waals surface area contributed by atoms with Crippen LogP contribution in [0.3, 0.4) is 0 Å². The molecule has 2 aliphatic heterocycles. The van der Waals surface area contributed by atoms with Gasteiger partial charge in [-0.15, -0.1) is 6.58 Å². The highest BCUT2D eigenvalue weighted by atomic mass is 19.4. The SMILES string of the molecule is C=CCN1C(=O)N[C@H](c2ccccc2C(F)(F)F)C2=C1CN([C@H](Cc1ccccc1)C(=O)Nc1ccc(OC)cc1)C2=O. The summed E-state index contributed by atoms with van der Waals surface area (Å²) in [7, 11) is 1.52. The number of halogens is 3. The summed E-state index contributed by atoms with van der Waals surface area (Å²) in [5.41, 5.74) is 0.223. The highest BCUT2D eigenvalue weighted by Crippen LogP contribution is 2.42. The van der Waals surface area contributed by atoms with Crippen LogP contribution in [0, 0.1) is 0 Å². The number of methoxy groups -OCH3 is 1. The molecular formula is C32H29F3N4O4. The van der Waals surface area contributed by atoms with Gasteiger partial charge in [-0.05, 0) is 41.5 Å². The van der Waals surface area contributed by atoms with Crippen LogP contribution in [0.4, 0.5) is 23.7 Å². The molecule has 222 valence electrons. The van der Waals surface area contributed by atoms with E-state index in [0.29, 0.717) is 11.4 Å². The van der Waals surface area contributed by atoms with Crippen molar-refractivity contribution < 1.29 is 32.3 Å². The molecule has 0 saturated heterocycles. The minimum absolute atomic E-state index is 0.0147. The van der Waals surface area contributed by atoms with Crippen LogP contribution in [0.5, 0.6) is 5.75 Å². The number of hydrogen-bond donors (Lipinski definition) is 2. The summed E-state index contributed by atoms with van der Waals surface area (Å²) in [6.45, 7) is 3.53. The summed E-state index contributed by atoms with van der Waals surface area (Å²) in [6.07, 6.45) is -3.14. The Kier molecular flexibility index (Phi) is 8.24. The summed E-state index contributed by atoms with van der Waals surface area (Å²) >= 11 is 0. The number of anilines is 1. The lowest BCUT2D eigenvalue weighted by molar-refractivity contribution is -0.138. The Morgan fingerprint density at radius 2 is 1.74 bits per heavy atom. The average Bonchev–Trinajstić information content (AvgIpc) is 3.34. The van der Waals surface area contributed by atoms with E-state index in [1.807, 2.05) is 18.2 Å². The van der Waals surface area contributed by atoms with Gasteiger partial charge >= 0.3 is 12.2 Å². The van der Waals surface area contributed by atoms with E-state index < -0.39 is 41.7 Å². The molecule has 0 radical (unpaired) electrons. The average molecular weight is 591 g/mol. The van der Waals surface area contributed by atoms with E-state index in [-0.39, 0.29) is 36.3 Å². The highest BCUT2D eigenvalue weighted by molar-refractivity contribution is 6.05. The molecule has 11 heteroatoms. The Balaban J connectivity index is 1.55. The Morgan fingerprint density at radius 3 is 2.40 bits per heavy atom. The molecule has 3 aromatic carbocycles. The Bertz CT molecular complexity index is 1570. The molecule has 2 atom stereocenters. The number of amides is 4. The maximum atomic E-state index is 14.2. The van der Waals surface area contributed by atoms with Crippen molar-refractivity contribution in [3.8, 4) is 5.75 Å². The molecule has 43 heavy (non-hydrogen) atoms. The van der Waals surface area contributed by atoms with E-state index in [1.54, 1.807) is 36.4 Å². The van der Waals surface area contributed by atoms with Gasteiger partial charge in [0.05, 0.1) is 36.5 Å². The first-order valence-corrected chi connectivity index (χ1v) is 13.5. The maximum Gasteiger partial charge on any atom is 0.416 e. The van der Waals surface area contributed by atoms with Crippen molar-refractivity contribution in [1.29, 1.82) is 0 Å². The fourth-order valence-electron chi connectivity index (χ4n) is 5.41. The van der Waals surface area contributed by atoms with Crippen LogP contribution in [0.15, 0.2) is 103 Å². The number of benzene rings is 3. The summed E-state index contributed by atoms with van der Waals surface area (Å²) in [5.74, 6) is -0.545. The molecule has 2 N–H and O–H groups in total. The van der Waals surface area contributed by atoms with Crippen molar-refractivity contribution in [3.63, 3.8) is 0 Å². The van der Waals surface area contributed by atoms with E-state index in [0.717, 1.165) is 11.6 Å². The first-order chi connectivity index (χ1) is 20.6. The van der Waals surface area contributed by atoms with Crippen LogP contribution >= 0.6 is 0 Å². The minimum atomic E-state index is -4.73. The summed E-state index contributed by atoms with van der Waals surface area (Å²) in [6, 6.07) is 17.5. The third-order valence-corrected chi connectivity index (χ3v) is 7.45. The predicted molar refractivity (Wildman–Crippen MR) is 154 cm³/mol. The molecular weight excluding hydrogens is 561 g/mol. The van der Waals surface area contributed by atoms with Gasteiger partial charge in [0.25, 0.3) is 5.91 Å². The zero-order valence-electron chi connectivity index (χ0n) is 23.2. The van der Waals surface area contributed by atoms with Crippen LogP contribution in [0.1, 0.15) is 22.7 Å². The number of nitrogens with zero attached hydrogens (tertiary/aromatic N) is 2. The molecule has 0 saturated carbocycles. The molecule has 2 aliphatic rings. The summed E-state index contributed by atoms with van der Waals surface area (Å²) in [4.78, 5) is 43.8. The number of alkyl halides is 3. The van der Waals surface area contributed by atoms with Crippen molar-refractivity contribution in [1.82, 2.24) is 15.1 Å². The van der Waals surface area contributed by atoms with Crippen molar-refractivity contribution in [3.05, 3.63) is 119 Å². The summed E-state index contributed by atoms with van der Waals surface area (Å²) in [5, 5.41) is 5.43. The first-order valence-electron chi connectivity index (χ1n) is 13.5. The van der Waals surface area contributed by atoms with Crippen LogP contribution in [0.2, 0.25) is 0 Å². The van der Waals surface area contributed by atoms with Crippen molar-refractivity contribution in [2.45, 2.75) is 24.7 Å². The molecule has 4 amide bonds. The molecule has 3 aromatic rings. The van der Waals surface area contributed by atoms with E-state index in [2.05, 4.69) is 17.2 Å². The zero-order valence-corrected chi connectivity index (χ0v) is 23.2. The predicted octanol–water partition coefficient (Wildman–Crippen LogP) is 5.31. The van der Waals surface area contributed by atoms with Crippen LogP contribution in [0.25, 0.3) is 0 Å². The van der Waals surface area contributed by atoms with Gasteiger partial charge in [-0.2, -0.15) is 13.2 Å². The van der Waals surface area contributed by atoms with Crippen LogP contribution in [-0.2, 0) is 22.2 Å². The number of nitrogens with one attached hydrogen (secondary N) is 2. The number of rotatable bonds is 9. The maximum absolute atomic E-state index is 14.2. The largest absolute Gasteiger partial charge is 0.497 e. The van der Waals surface area contributed by atoms with Crippen molar-refractivity contribution in [2.75, 3.05) is 25.5 Å². The molecule has 0 aromatic heterocycles. The molecule has 8 nitrogen and oxygen atoms in total. The normalized spacial score (nSPS) is 17.3. The van der Waals surface area contributed by atoms with Gasteiger partial charge < -0.3 is 20.3 Å². The standard InChI is InChI=1S/C32H29F3N4O4/c1-3-17-38-26-19-39(30(41)27(26)28(37-31(38)42)23-11-7-8-12-24(23)32(33,34)35)25(18-20-9-5-4-6-10-20)29(40)36-21-13-15-22(43-2)16-14-21/h3-16,25,28H,1,17-19H2,2H3,(H,36,40)(H,37,42)/t25-,28-/m1/s1. The molecule has 0 aliphatic carbocycles. The van der Waals surface area contributed by atoms with E-state index in [9.17, 15) is 27.6 Å². The topological polar surface area (TPSA) is 91.0 Å². The molecule has 0 bridgehead atoms. The first kappa shape index (κ1) is 29.4. The minimum Gasteiger partial charge on any atom is -0.497 e. The zero-order chi connectivity index (χ0) is 30.7. The number of carbonyl (C=O) groups is 3. The Labute approximate surface area is 246 Å². The highest BCUT2D eigenvalue weighted by Gasteiger charge is 2.48. The number of carbonyl (C=O) groups excluding carboxylic acids is 3. The molecule has 0 unspecified atom stereocenters. The van der Waals surface area contributed by atoms with Crippen LogP contribution < -0.4 is 15.4 Å². The van der Waals surface area contributed by atoms with Gasteiger partial charge in [0, 0.05) is 18.7 Å². The second-order valence-electron chi connectivity index (χ2n) is 10.1. The smallest absolute Gasteiger partial charge is 0.416 e. The van der Waals surface area contributed by atoms with Crippen molar-refractivity contribution >= 4 is 23.5 Å². The lowest BCUT2D eigenvalue weighted by Crippen LogP contribution is -2.47. The van der Waals surface area contributed by atoms with Gasteiger partial charge in [0.2, 0.25) is 5.91 Å². The number of hydrogen-bond acceptors (Lipinski definition) is 4. The van der Waals surface area contributed by atoms with E-state index in [1.165, 1.54) is 41.2 Å². The summed E-state index contributed by atoms with van der Waals surface area (Å²) < 4.78 is 47.3. The third kappa shape index (κ3) is 5.97. The molecule has 0 fully saturated rings. The van der Waals surface area contributed by atoms with E-state index in [4.69, 9.17) is 4.74 Å². The molecule has 5 rings (SSSR count). The van der Waals surface area contributed by atoms with Crippen LogP contribution in [-0.4, -0.2) is 53.9 Å². The fraction of sp³-hybridized carbons (Fsp3) is 0.219. The van der Waals surface area contributed by atoms with Gasteiger partial charge in [0.15, 0.2) is 0 Å². The van der Waals surface area contributed by atoms with Gasteiger partial charge in [-0.25, -0.2) is 4.79 Å². The second-order valence-corrected chi connectivity index (χ2v) is 10.1. The molecule has 0 spiro atoms. The van der Waals surface area contributed by atoms with Gasteiger partial charge in [0.1, 0.15) is 11.8 Å². The lowest BCUT2D eigenvalue weighted by atomic mass is 9.91. The molecule has 2 heterocycles. The number of ether oxygens (including phenoxy) is 1. The number of urea groups is 1. The third-order valence-electron chi connectivity index (χ3n) is 7.45. The van der Waals surface area contributed by atoms with Gasteiger partial charge in [-0.3, -0.25) is 14.5 Å². The van der Waals surface area contributed by atoms with Gasteiger partial charge in [-0.1, -0.05) is 54.6 Å².